The molecule has 96 valence electrons. The molecule has 0 aliphatic heterocycles. The van der Waals surface area contributed by atoms with Crippen LogP contribution in [0.2, 0.25) is 0 Å². The third kappa shape index (κ3) is 3.73. The lowest BCUT2D eigenvalue weighted by Gasteiger charge is -2.26. The summed E-state index contributed by atoms with van der Waals surface area (Å²) in [6.07, 6.45) is 8.55. The molecule has 1 fully saturated rings. The number of nitrogens with one attached hydrogen (secondary N) is 1. The molecule has 1 aromatic heterocycles. The van der Waals surface area contributed by atoms with Gasteiger partial charge in [0.1, 0.15) is 11.8 Å². The molecule has 0 spiro atoms. The van der Waals surface area contributed by atoms with Crippen LogP contribution in [0.15, 0.2) is 18.3 Å². The number of pyridine rings is 1. The van der Waals surface area contributed by atoms with Crippen LogP contribution < -0.4 is 5.32 Å². The van der Waals surface area contributed by atoms with Gasteiger partial charge in [-0.25, -0.2) is 4.98 Å². The van der Waals surface area contributed by atoms with Gasteiger partial charge in [-0.1, -0.05) is 26.2 Å². The summed E-state index contributed by atoms with van der Waals surface area (Å²) in [6, 6.07) is 5.71. The van der Waals surface area contributed by atoms with Crippen molar-refractivity contribution in [2.45, 2.75) is 39.0 Å². The van der Waals surface area contributed by atoms with Crippen LogP contribution in [0.1, 0.15) is 44.7 Å². The molecule has 0 bridgehead atoms. The second-order valence-electron chi connectivity index (χ2n) is 5.40. The Kier molecular flexibility index (Phi) is 4.58. The highest BCUT2D eigenvalue weighted by atomic mass is 14.9. The molecule has 0 aromatic carbocycles. The van der Waals surface area contributed by atoms with Crippen LogP contribution >= 0.6 is 0 Å². The molecule has 0 radical (unpaired) electrons. The SMILES string of the molecule is CC1CCCC(CCNc2ccc(C#N)nc2)C1. The van der Waals surface area contributed by atoms with Crippen LogP contribution in [0.25, 0.3) is 0 Å². The van der Waals surface area contributed by atoms with E-state index in [-0.39, 0.29) is 0 Å². The van der Waals surface area contributed by atoms with Crippen LogP contribution in [0.3, 0.4) is 0 Å². The monoisotopic (exact) mass is 243 g/mol. The van der Waals surface area contributed by atoms with Crippen LogP contribution in [0, 0.1) is 23.2 Å². The smallest absolute Gasteiger partial charge is 0.140 e. The van der Waals surface area contributed by atoms with Gasteiger partial charge >= 0.3 is 0 Å². The minimum Gasteiger partial charge on any atom is -0.384 e. The highest BCUT2D eigenvalue weighted by Crippen LogP contribution is 2.30. The average molecular weight is 243 g/mol. The molecule has 1 aliphatic carbocycles. The Morgan fingerprint density at radius 1 is 1.44 bits per heavy atom. The molecule has 3 heteroatoms. The average Bonchev–Trinajstić information content (AvgIpc) is 2.40. The molecule has 3 nitrogen and oxygen atoms in total. The lowest BCUT2D eigenvalue weighted by molar-refractivity contribution is 0.274. The van der Waals surface area contributed by atoms with Crippen molar-refractivity contribution in [1.29, 1.82) is 5.26 Å². The van der Waals surface area contributed by atoms with Crippen molar-refractivity contribution in [1.82, 2.24) is 4.98 Å². The number of nitrogens with zero attached hydrogens (tertiary/aromatic N) is 2. The number of rotatable bonds is 4. The molecule has 1 saturated carbocycles. The Hall–Kier alpha value is -1.56. The second-order valence-corrected chi connectivity index (χ2v) is 5.40. The summed E-state index contributed by atoms with van der Waals surface area (Å²) in [7, 11) is 0. The van der Waals surface area contributed by atoms with Crippen molar-refractivity contribution in [3.8, 4) is 6.07 Å². The van der Waals surface area contributed by atoms with E-state index in [9.17, 15) is 0 Å². The zero-order chi connectivity index (χ0) is 12.8. The van der Waals surface area contributed by atoms with E-state index < -0.39 is 0 Å². The van der Waals surface area contributed by atoms with Crippen molar-refractivity contribution in [2.24, 2.45) is 11.8 Å². The maximum atomic E-state index is 8.67. The maximum absolute atomic E-state index is 8.67. The van der Waals surface area contributed by atoms with Crippen molar-refractivity contribution < 1.29 is 0 Å². The Balaban J connectivity index is 1.72. The van der Waals surface area contributed by atoms with E-state index in [1.54, 1.807) is 12.3 Å². The number of anilines is 1. The van der Waals surface area contributed by atoms with Gasteiger partial charge in [-0.15, -0.1) is 0 Å². The van der Waals surface area contributed by atoms with E-state index in [2.05, 4.69) is 17.2 Å². The van der Waals surface area contributed by atoms with Crippen molar-refractivity contribution in [2.75, 3.05) is 11.9 Å². The van der Waals surface area contributed by atoms with E-state index in [1.807, 2.05) is 12.1 Å². The third-order valence-electron chi connectivity index (χ3n) is 3.80. The Morgan fingerprint density at radius 2 is 2.33 bits per heavy atom. The topological polar surface area (TPSA) is 48.7 Å². The van der Waals surface area contributed by atoms with E-state index >= 15 is 0 Å². The second kappa shape index (κ2) is 6.39. The van der Waals surface area contributed by atoms with E-state index in [4.69, 9.17) is 5.26 Å². The molecular weight excluding hydrogens is 222 g/mol. The quantitative estimate of drug-likeness (QED) is 0.879. The van der Waals surface area contributed by atoms with E-state index in [0.29, 0.717) is 5.69 Å². The first-order valence-corrected chi connectivity index (χ1v) is 6.88. The van der Waals surface area contributed by atoms with Crippen molar-refractivity contribution in [3.05, 3.63) is 24.0 Å². The summed E-state index contributed by atoms with van der Waals surface area (Å²) in [6.45, 7) is 3.37. The lowest BCUT2D eigenvalue weighted by atomic mass is 9.81. The minimum atomic E-state index is 0.474. The van der Waals surface area contributed by atoms with Gasteiger partial charge in [-0.05, 0) is 36.8 Å². The van der Waals surface area contributed by atoms with Gasteiger partial charge in [0.25, 0.3) is 0 Å². The first-order chi connectivity index (χ1) is 8.78. The molecule has 18 heavy (non-hydrogen) atoms. The molecule has 1 N–H and O–H groups in total. The zero-order valence-electron chi connectivity index (χ0n) is 11.0. The molecular formula is C15H21N3. The van der Waals surface area contributed by atoms with Gasteiger partial charge in [-0.3, -0.25) is 0 Å². The largest absolute Gasteiger partial charge is 0.384 e. The van der Waals surface area contributed by atoms with Crippen LogP contribution in [-0.4, -0.2) is 11.5 Å². The van der Waals surface area contributed by atoms with Crippen LogP contribution in [0.4, 0.5) is 5.69 Å². The molecule has 1 aromatic rings. The van der Waals surface area contributed by atoms with Gasteiger partial charge in [0.05, 0.1) is 11.9 Å². The summed E-state index contributed by atoms with van der Waals surface area (Å²) < 4.78 is 0. The number of hydrogen-bond donors (Lipinski definition) is 1. The third-order valence-corrected chi connectivity index (χ3v) is 3.80. The van der Waals surface area contributed by atoms with E-state index in [0.717, 1.165) is 24.1 Å². The summed E-state index contributed by atoms with van der Waals surface area (Å²) in [5.41, 5.74) is 1.49. The maximum Gasteiger partial charge on any atom is 0.140 e. The van der Waals surface area contributed by atoms with Crippen molar-refractivity contribution >= 4 is 5.69 Å². The summed E-state index contributed by atoms with van der Waals surface area (Å²) in [4.78, 5) is 4.05. The fourth-order valence-electron chi connectivity index (χ4n) is 2.81. The Bertz CT molecular complexity index is 405. The first-order valence-electron chi connectivity index (χ1n) is 6.88. The molecule has 2 unspecified atom stereocenters. The predicted molar refractivity (Wildman–Crippen MR) is 73.2 cm³/mol. The molecule has 2 rings (SSSR count). The first kappa shape index (κ1) is 12.9. The number of hydrogen-bond acceptors (Lipinski definition) is 3. The molecule has 0 amide bonds. The minimum absolute atomic E-state index is 0.474. The fraction of sp³-hybridized carbons (Fsp3) is 0.600. The van der Waals surface area contributed by atoms with Gasteiger partial charge in [0.2, 0.25) is 0 Å². The summed E-state index contributed by atoms with van der Waals surface area (Å²) in [5.74, 6) is 1.79. The molecule has 1 heterocycles. The van der Waals surface area contributed by atoms with Gasteiger partial charge < -0.3 is 5.32 Å². The normalized spacial score (nSPS) is 23.3. The molecule has 1 aliphatic rings. The Labute approximate surface area is 109 Å². The molecule has 2 atom stereocenters. The predicted octanol–water partition coefficient (Wildman–Crippen LogP) is 3.58. The standard InChI is InChI=1S/C15H21N3/c1-12-3-2-4-13(9-12)7-8-17-15-6-5-14(10-16)18-11-15/h5-6,11-13,17H,2-4,7-9H2,1H3. The lowest BCUT2D eigenvalue weighted by Crippen LogP contribution is -2.16. The zero-order valence-corrected chi connectivity index (χ0v) is 11.0. The molecule has 0 saturated heterocycles. The van der Waals surface area contributed by atoms with Gasteiger partial charge in [0.15, 0.2) is 0 Å². The van der Waals surface area contributed by atoms with E-state index in [1.165, 1.54) is 32.1 Å². The fourth-order valence-corrected chi connectivity index (χ4v) is 2.81. The van der Waals surface area contributed by atoms with Gasteiger partial charge in [-0.2, -0.15) is 5.26 Å². The van der Waals surface area contributed by atoms with Crippen molar-refractivity contribution in [3.63, 3.8) is 0 Å². The summed E-state index contributed by atoms with van der Waals surface area (Å²) >= 11 is 0. The highest BCUT2D eigenvalue weighted by molar-refractivity contribution is 5.42. The van der Waals surface area contributed by atoms with Gasteiger partial charge in [0, 0.05) is 6.54 Å². The highest BCUT2D eigenvalue weighted by Gasteiger charge is 2.18. The number of nitriles is 1. The number of aromatic nitrogens is 1. The van der Waals surface area contributed by atoms with Crippen LogP contribution in [-0.2, 0) is 0 Å². The Morgan fingerprint density at radius 3 is 3.00 bits per heavy atom. The van der Waals surface area contributed by atoms with Crippen LogP contribution in [0.5, 0.6) is 0 Å². The summed E-state index contributed by atoms with van der Waals surface area (Å²) in [5, 5.41) is 12.1.